The van der Waals surface area contributed by atoms with Gasteiger partial charge in [-0.2, -0.15) is 0 Å². The number of rotatable bonds is 7. The number of hydrogen-bond acceptors (Lipinski definition) is 3. The van der Waals surface area contributed by atoms with E-state index in [1.165, 1.54) is 122 Å². The van der Waals surface area contributed by atoms with Gasteiger partial charge in [-0.25, -0.2) is 0 Å². The van der Waals surface area contributed by atoms with Crippen molar-refractivity contribution in [2.75, 3.05) is 14.7 Å². The van der Waals surface area contributed by atoms with Crippen LogP contribution in [0.4, 0.5) is 51.2 Å². The first kappa shape index (κ1) is 63.5. The van der Waals surface area contributed by atoms with Crippen LogP contribution in [0.5, 0.6) is 0 Å². The molecule has 3 nitrogen and oxygen atoms in total. The van der Waals surface area contributed by atoms with Crippen molar-refractivity contribution >= 4 is 85.1 Å². The summed E-state index contributed by atoms with van der Waals surface area (Å²) >= 11 is 0. The molecule has 0 saturated heterocycles. The fourth-order valence-corrected chi connectivity index (χ4v) is 15.4. The smallest absolute Gasteiger partial charge is 0.252 e. The molecule has 2 heterocycles. The van der Waals surface area contributed by atoms with E-state index < -0.39 is 0 Å². The molecule has 1 aliphatic carbocycles. The highest BCUT2D eigenvalue weighted by Crippen LogP contribution is 2.55. The molecule has 478 valence electrons. The highest BCUT2D eigenvalue weighted by molar-refractivity contribution is 7.00. The van der Waals surface area contributed by atoms with Gasteiger partial charge < -0.3 is 14.7 Å². The van der Waals surface area contributed by atoms with Crippen LogP contribution in [0.15, 0.2) is 218 Å². The SMILES string of the molecule is CC(C)(C)c1ccc(-c2cc(-c3ccc(C(C)(C)C)cc3)cc(N3c4ccc(C(C)(C)C)cc4B4c5cc(C(C)(C)C)ccc5N(c5ccc(C(C)(C)C)cc5)c5cc(N(c6ccc(C(C)(C)C)cc6)c6ccc7c(c6)C(C)(C)c6c-7ccc7ccccc67)cc3c54)c2)cc1. The molecule has 2 aliphatic heterocycles. The molecule has 95 heavy (non-hydrogen) atoms. The highest BCUT2D eigenvalue weighted by atomic mass is 15.2. The fraction of sp³-hybridized carbons (Fsp3) is 0.297. The van der Waals surface area contributed by atoms with Gasteiger partial charge in [0.05, 0.1) is 5.69 Å². The summed E-state index contributed by atoms with van der Waals surface area (Å²) in [5.74, 6) is 0. The molecule has 0 radical (unpaired) electrons. The van der Waals surface area contributed by atoms with Crippen LogP contribution in [0, 0.1) is 0 Å². The van der Waals surface area contributed by atoms with Crippen molar-refractivity contribution in [2.45, 2.75) is 176 Å². The number of hydrogen-bond donors (Lipinski definition) is 0. The predicted molar refractivity (Wildman–Crippen MR) is 413 cm³/mol. The Morgan fingerprint density at radius 3 is 1.20 bits per heavy atom. The molecule has 0 bridgehead atoms. The minimum Gasteiger partial charge on any atom is -0.311 e. The lowest BCUT2D eigenvalue weighted by atomic mass is 9.33. The summed E-state index contributed by atoms with van der Waals surface area (Å²) in [6.45, 7) is 46.7. The predicted octanol–water partition coefficient (Wildman–Crippen LogP) is 23.8. The topological polar surface area (TPSA) is 9.72 Å². The summed E-state index contributed by atoms with van der Waals surface area (Å²) in [5, 5.41) is 2.60. The van der Waals surface area contributed by atoms with Crippen molar-refractivity contribution in [3.05, 3.63) is 263 Å². The van der Waals surface area contributed by atoms with Gasteiger partial charge in [0.25, 0.3) is 6.71 Å². The van der Waals surface area contributed by atoms with Gasteiger partial charge in [-0.15, -0.1) is 0 Å². The van der Waals surface area contributed by atoms with Crippen LogP contribution in [0.1, 0.15) is 183 Å². The van der Waals surface area contributed by atoms with E-state index in [9.17, 15) is 0 Å². The monoisotopic (exact) mass is 1240 g/mol. The molecule has 11 aromatic rings. The normalized spacial score (nSPS) is 14.3. The number of benzene rings is 11. The molecule has 0 fully saturated rings. The van der Waals surface area contributed by atoms with Crippen molar-refractivity contribution in [3.8, 4) is 33.4 Å². The second kappa shape index (κ2) is 22.1. The molecule has 0 saturated carbocycles. The first-order valence-electron chi connectivity index (χ1n) is 34.8. The first-order valence-corrected chi connectivity index (χ1v) is 34.8. The van der Waals surface area contributed by atoms with Gasteiger partial charge >= 0.3 is 0 Å². The quantitative estimate of drug-likeness (QED) is 0.147. The summed E-state index contributed by atoms with van der Waals surface area (Å²) in [5.41, 5.74) is 31.6. The Morgan fingerprint density at radius 2 is 0.726 bits per heavy atom. The van der Waals surface area contributed by atoms with Crippen molar-refractivity contribution in [3.63, 3.8) is 0 Å². The highest BCUT2D eigenvalue weighted by Gasteiger charge is 2.46. The summed E-state index contributed by atoms with van der Waals surface area (Å²) in [6, 6.07) is 86.0. The van der Waals surface area contributed by atoms with E-state index in [1.807, 2.05) is 0 Å². The maximum Gasteiger partial charge on any atom is 0.252 e. The molecule has 0 atom stereocenters. The second-order valence-electron chi connectivity index (χ2n) is 34.5. The third kappa shape index (κ3) is 11.1. The second-order valence-corrected chi connectivity index (χ2v) is 34.5. The zero-order chi connectivity index (χ0) is 67.4. The van der Waals surface area contributed by atoms with Crippen LogP contribution >= 0.6 is 0 Å². The molecule has 4 heteroatoms. The lowest BCUT2D eigenvalue weighted by Gasteiger charge is -2.46. The minimum atomic E-state index is -0.278. The Morgan fingerprint density at radius 1 is 0.316 bits per heavy atom. The van der Waals surface area contributed by atoms with E-state index in [0.29, 0.717) is 0 Å². The van der Waals surface area contributed by atoms with E-state index in [2.05, 4.69) is 372 Å². The maximum absolute atomic E-state index is 2.66. The molecule has 14 rings (SSSR count). The summed E-state index contributed by atoms with van der Waals surface area (Å²) < 4.78 is 0. The molecule has 11 aromatic carbocycles. The van der Waals surface area contributed by atoms with Gasteiger partial charge in [0.15, 0.2) is 0 Å². The van der Waals surface area contributed by atoms with E-state index in [1.54, 1.807) is 0 Å². The maximum atomic E-state index is 2.66. The van der Waals surface area contributed by atoms with Gasteiger partial charge in [-0.1, -0.05) is 278 Å². The minimum absolute atomic E-state index is 0.0115. The summed E-state index contributed by atoms with van der Waals surface area (Å²) in [7, 11) is 0. The van der Waals surface area contributed by atoms with Gasteiger partial charge in [-0.05, 0) is 216 Å². The van der Waals surface area contributed by atoms with E-state index in [-0.39, 0.29) is 44.6 Å². The lowest BCUT2D eigenvalue weighted by Crippen LogP contribution is -2.61. The molecule has 0 amide bonds. The average Bonchev–Trinajstić information content (AvgIpc) is 1.29. The summed E-state index contributed by atoms with van der Waals surface area (Å²) in [6.07, 6.45) is 0. The van der Waals surface area contributed by atoms with Crippen LogP contribution in [0.2, 0.25) is 0 Å². The first-order chi connectivity index (χ1) is 44.6. The standard InChI is InChI=1S/C91H96BN3/c1-85(2,3)62-30-25-57(26-31-62)60-49-61(58-27-32-63(33-28-58)86(4,5)6)51-71(50-60)95-80-48-39-67(90(16,17)18)53-78(80)92-77-52-66(89(13,14)15)38-47-79(77)94(69-42-36-65(37-43-69)88(10,11)12)81-55-72(56-82(95)84(81)92)93(68-40-34-64(35-41-68)87(7,8)9)70-44-46-74-75-45-29-59-23-21-22-24-73(59)83(75)91(19,20)76(74)54-70/h21-56H,1-20H3. The molecular weight excluding hydrogens is 1150 g/mol. The van der Waals surface area contributed by atoms with E-state index >= 15 is 0 Å². The molecular formula is C91H96BN3. The summed E-state index contributed by atoms with van der Waals surface area (Å²) in [4.78, 5) is 7.85. The zero-order valence-electron chi connectivity index (χ0n) is 60.2. The van der Waals surface area contributed by atoms with Gasteiger partial charge in [0.2, 0.25) is 0 Å². The molecule has 0 N–H and O–H groups in total. The van der Waals surface area contributed by atoms with E-state index in [4.69, 9.17) is 0 Å². The van der Waals surface area contributed by atoms with Crippen molar-refractivity contribution in [1.29, 1.82) is 0 Å². The zero-order valence-corrected chi connectivity index (χ0v) is 60.2. The Hall–Kier alpha value is -8.86. The van der Waals surface area contributed by atoms with Gasteiger partial charge in [0.1, 0.15) is 0 Å². The number of anilines is 9. The Bertz CT molecular complexity index is 4750. The molecule has 0 aromatic heterocycles. The third-order valence-corrected chi connectivity index (χ3v) is 21.1. The van der Waals surface area contributed by atoms with Crippen LogP contribution in [0.25, 0.3) is 44.2 Å². The van der Waals surface area contributed by atoms with Crippen LogP contribution in [-0.2, 0) is 37.9 Å². The van der Waals surface area contributed by atoms with Crippen LogP contribution in [-0.4, -0.2) is 6.71 Å². The molecule has 0 spiro atoms. The van der Waals surface area contributed by atoms with Crippen molar-refractivity contribution in [2.24, 2.45) is 0 Å². The Balaban J connectivity index is 1.11. The Kier molecular flexibility index (Phi) is 14.8. The third-order valence-electron chi connectivity index (χ3n) is 21.1. The number of fused-ring (bicyclic) bond motifs is 9. The van der Waals surface area contributed by atoms with Gasteiger partial charge in [0, 0.05) is 50.9 Å². The van der Waals surface area contributed by atoms with Crippen LogP contribution < -0.4 is 31.1 Å². The average molecular weight is 1240 g/mol. The lowest BCUT2D eigenvalue weighted by molar-refractivity contribution is 0.590. The molecule has 3 aliphatic rings. The van der Waals surface area contributed by atoms with Crippen LogP contribution in [0.3, 0.4) is 0 Å². The van der Waals surface area contributed by atoms with E-state index in [0.717, 1.165) is 34.1 Å². The van der Waals surface area contributed by atoms with Crippen molar-refractivity contribution < 1.29 is 0 Å². The largest absolute Gasteiger partial charge is 0.311 e. The fourth-order valence-electron chi connectivity index (χ4n) is 15.4. The van der Waals surface area contributed by atoms with Gasteiger partial charge in [-0.3, -0.25) is 0 Å². The number of nitrogens with zero attached hydrogens (tertiary/aromatic N) is 3. The molecule has 0 unspecified atom stereocenters. The Labute approximate surface area is 569 Å². The van der Waals surface area contributed by atoms with Crippen molar-refractivity contribution in [1.82, 2.24) is 0 Å².